The van der Waals surface area contributed by atoms with Gasteiger partial charge in [0.2, 0.25) is 0 Å². The Morgan fingerprint density at radius 1 is 1.38 bits per heavy atom. The van der Waals surface area contributed by atoms with E-state index < -0.39 is 0 Å². The van der Waals surface area contributed by atoms with E-state index in [0.717, 1.165) is 29.0 Å². The Balaban J connectivity index is 2.67. The van der Waals surface area contributed by atoms with Crippen LogP contribution in [0.5, 0.6) is 0 Å². The first-order valence-corrected chi connectivity index (χ1v) is 4.95. The van der Waals surface area contributed by atoms with Crippen LogP contribution in [0.2, 0.25) is 5.02 Å². The van der Waals surface area contributed by atoms with Gasteiger partial charge in [-0.25, -0.2) is 0 Å². The maximum Gasteiger partial charge on any atom is 0.163 e. The fourth-order valence-electron chi connectivity index (χ4n) is 1.95. The van der Waals surface area contributed by atoms with Crippen molar-refractivity contribution >= 4 is 17.4 Å². The second-order valence-electron chi connectivity index (χ2n) is 3.34. The molecule has 0 saturated heterocycles. The molecule has 0 saturated carbocycles. The highest BCUT2D eigenvalue weighted by atomic mass is 35.5. The van der Waals surface area contributed by atoms with Crippen LogP contribution < -0.4 is 0 Å². The molecule has 68 valence electrons. The molecule has 2 rings (SSSR count). The molecule has 0 heterocycles. The number of aryl methyl sites for hydroxylation is 1. The van der Waals surface area contributed by atoms with Crippen molar-refractivity contribution in [3.63, 3.8) is 0 Å². The van der Waals surface area contributed by atoms with Gasteiger partial charge in [0.1, 0.15) is 0 Å². The van der Waals surface area contributed by atoms with E-state index in [1.807, 2.05) is 19.1 Å². The Bertz CT molecular complexity index is 369. The number of hydrogen-bond donors (Lipinski definition) is 0. The van der Waals surface area contributed by atoms with E-state index in [0.29, 0.717) is 6.42 Å². The molecule has 1 aliphatic rings. The zero-order valence-electron chi connectivity index (χ0n) is 7.56. The summed E-state index contributed by atoms with van der Waals surface area (Å²) in [6.07, 6.45) is 2.38. The molecule has 1 aromatic carbocycles. The van der Waals surface area contributed by atoms with Crippen molar-refractivity contribution in [2.45, 2.75) is 26.2 Å². The second kappa shape index (κ2) is 3.15. The standard InChI is InChI=1S/C11H11ClO/c1-2-8-9(12)5-3-7-4-6-10(13)11(7)8/h3,5H,2,4,6H2,1H3. The van der Waals surface area contributed by atoms with Gasteiger partial charge in [-0.3, -0.25) is 4.79 Å². The van der Waals surface area contributed by atoms with Gasteiger partial charge >= 0.3 is 0 Å². The fourth-order valence-corrected chi connectivity index (χ4v) is 2.24. The molecule has 0 aliphatic heterocycles. The van der Waals surface area contributed by atoms with Crippen molar-refractivity contribution in [2.24, 2.45) is 0 Å². The molecular formula is C11H11ClO. The van der Waals surface area contributed by atoms with Crippen molar-refractivity contribution in [3.05, 3.63) is 33.8 Å². The van der Waals surface area contributed by atoms with E-state index in [4.69, 9.17) is 11.6 Å². The van der Waals surface area contributed by atoms with Crippen LogP contribution in [0.3, 0.4) is 0 Å². The van der Waals surface area contributed by atoms with E-state index in [2.05, 4.69) is 0 Å². The highest BCUT2D eigenvalue weighted by Crippen LogP contribution is 2.30. The zero-order chi connectivity index (χ0) is 9.42. The molecule has 0 fully saturated rings. The molecule has 0 radical (unpaired) electrons. The predicted molar refractivity (Wildman–Crippen MR) is 53.5 cm³/mol. The minimum Gasteiger partial charge on any atom is -0.294 e. The molecule has 1 aliphatic carbocycles. The molecule has 0 bridgehead atoms. The first-order valence-electron chi connectivity index (χ1n) is 4.57. The van der Waals surface area contributed by atoms with Gasteiger partial charge in [0.05, 0.1) is 0 Å². The lowest BCUT2D eigenvalue weighted by Crippen LogP contribution is -1.98. The predicted octanol–water partition coefficient (Wildman–Crippen LogP) is 3.03. The molecule has 13 heavy (non-hydrogen) atoms. The van der Waals surface area contributed by atoms with Crippen molar-refractivity contribution in [1.82, 2.24) is 0 Å². The Labute approximate surface area is 82.7 Å². The van der Waals surface area contributed by atoms with Gasteiger partial charge in [-0.15, -0.1) is 0 Å². The molecule has 0 spiro atoms. The Morgan fingerprint density at radius 2 is 2.15 bits per heavy atom. The van der Waals surface area contributed by atoms with Gasteiger partial charge in [0, 0.05) is 17.0 Å². The first kappa shape index (κ1) is 8.76. The van der Waals surface area contributed by atoms with Gasteiger partial charge in [0.15, 0.2) is 5.78 Å². The molecule has 1 nitrogen and oxygen atoms in total. The van der Waals surface area contributed by atoms with Gasteiger partial charge in [0.25, 0.3) is 0 Å². The summed E-state index contributed by atoms with van der Waals surface area (Å²) < 4.78 is 0. The molecule has 0 amide bonds. The molecule has 0 atom stereocenters. The quantitative estimate of drug-likeness (QED) is 0.672. The Hall–Kier alpha value is -0.820. The summed E-state index contributed by atoms with van der Waals surface area (Å²) in [5.74, 6) is 0.259. The summed E-state index contributed by atoms with van der Waals surface area (Å²) in [7, 11) is 0. The summed E-state index contributed by atoms with van der Waals surface area (Å²) in [4.78, 5) is 11.5. The summed E-state index contributed by atoms with van der Waals surface area (Å²) in [5, 5.41) is 0.733. The number of halogens is 1. The number of carbonyl (C=O) groups excluding carboxylic acids is 1. The van der Waals surface area contributed by atoms with Crippen LogP contribution in [-0.2, 0) is 12.8 Å². The monoisotopic (exact) mass is 194 g/mol. The van der Waals surface area contributed by atoms with E-state index in [1.165, 1.54) is 5.56 Å². The largest absolute Gasteiger partial charge is 0.294 e. The molecule has 2 heteroatoms. The lowest BCUT2D eigenvalue weighted by atomic mass is 10.0. The van der Waals surface area contributed by atoms with Gasteiger partial charge in [-0.1, -0.05) is 24.6 Å². The van der Waals surface area contributed by atoms with Crippen LogP contribution in [-0.4, -0.2) is 5.78 Å². The Morgan fingerprint density at radius 3 is 2.85 bits per heavy atom. The van der Waals surface area contributed by atoms with Crippen LogP contribution in [0, 0.1) is 0 Å². The van der Waals surface area contributed by atoms with E-state index in [-0.39, 0.29) is 5.78 Å². The third-order valence-electron chi connectivity index (χ3n) is 2.60. The highest BCUT2D eigenvalue weighted by Gasteiger charge is 2.23. The number of rotatable bonds is 1. The summed E-state index contributed by atoms with van der Waals surface area (Å²) in [6, 6.07) is 3.87. The average molecular weight is 195 g/mol. The van der Waals surface area contributed by atoms with Crippen LogP contribution >= 0.6 is 11.6 Å². The molecule has 0 unspecified atom stereocenters. The minimum absolute atomic E-state index is 0.259. The topological polar surface area (TPSA) is 17.1 Å². The first-order chi connectivity index (χ1) is 6.24. The minimum atomic E-state index is 0.259. The summed E-state index contributed by atoms with van der Waals surface area (Å²) in [5.41, 5.74) is 3.10. The van der Waals surface area contributed by atoms with Gasteiger partial charge < -0.3 is 0 Å². The van der Waals surface area contributed by atoms with Gasteiger partial charge in [-0.05, 0) is 30.0 Å². The number of Topliss-reactive ketones (excluding diaryl/α,β-unsaturated/α-hetero) is 1. The molecule has 0 aromatic heterocycles. The Kier molecular flexibility index (Phi) is 2.12. The summed E-state index contributed by atoms with van der Waals surface area (Å²) >= 11 is 6.02. The van der Waals surface area contributed by atoms with E-state index in [1.54, 1.807) is 0 Å². The molecule has 1 aromatic rings. The van der Waals surface area contributed by atoms with E-state index >= 15 is 0 Å². The smallest absolute Gasteiger partial charge is 0.163 e. The van der Waals surface area contributed by atoms with Crippen LogP contribution in [0.15, 0.2) is 12.1 Å². The number of ketones is 1. The van der Waals surface area contributed by atoms with Crippen molar-refractivity contribution < 1.29 is 4.79 Å². The normalized spacial score (nSPS) is 14.8. The second-order valence-corrected chi connectivity index (χ2v) is 3.74. The summed E-state index contributed by atoms with van der Waals surface area (Å²) in [6.45, 7) is 2.03. The lowest BCUT2D eigenvalue weighted by molar-refractivity contribution is 0.0994. The number of hydrogen-bond acceptors (Lipinski definition) is 1. The van der Waals surface area contributed by atoms with Gasteiger partial charge in [-0.2, -0.15) is 0 Å². The van der Waals surface area contributed by atoms with Crippen molar-refractivity contribution in [1.29, 1.82) is 0 Å². The average Bonchev–Trinajstić information content (AvgIpc) is 2.49. The number of carbonyl (C=O) groups is 1. The molecule has 0 N–H and O–H groups in total. The third-order valence-corrected chi connectivity index (χ3v) is 2.95. The van der Waals surface area contributed by atoms with Crippen molar-refractivity contribution in [3.8, 4) is 0 Å². The lowest BCUT2D eigenvalue weighted by Gasteiger charge is -2.06. The van der Waals surface area contributed by atoms with Crippen LogP contribution in [0.25, 0.3) is 0 Å². The zero-order valence-corrected chi connectivity index (χ0v) is 8.32. The van der Waals surface area contributed by atoms with Crippen LogP contribution in [0.4, 0.5) is 0 Å². The third kappa shape index (κ3) is 1.28. The van der Waals surface area contributed by atoms with E-state index in [9.17, 15) is 4.79 Å². The number of benzene rings is 1. The maximum absolute atomic E-state index is 11.5. The van der Waals surface area contributed by atoms with Crippen LogP contribution in [0.1, 0.15) is 34.8 Å². The maximum atomic E-state index is 11.5. The van der Waals surface area contributed by atoms with Crippen molar-refractivity contribution in [2.75, 3.05) is 0 Å². The fraction of sp³-hybridized carbons (Fsp3) is 0.364. The SMILES string of the molecule is CCc1c(Cl)ccc2c1C(=O)CC2. The molecular weight excluding hydrogens is 184 g/mol. The number of fused-ring (bicyclic) bond motifs is 1. The highest BCUT2D eigenvalue weighted by molar-refractivity contribution is 6.32.